The maximum absolute atomic E-state index is 12.8. The predicted octanol–water partition coefficient (Wildman–Crippen LogP) is 4.24. The number of aromatic nitrogens is 1. The van der Waals surface area contributed by atoms with Gasteiger partial charge in [0, 0.05) is 25.3 Å². The third kappa shape index (κ3) is 4.83. The molecule has 1 aromatic heterocycles. The predicted molar refractivity (Wildman–Crippen MR) is 118 cm³/mol. The molecule has 158 valence electrons. The molecule has 0 aliphatic rings. The molecule has 30 heavy (non-hydrogen) atoms. The summed E-state index contributed by atoms with van der Waals surface area (Å²) in [7, 11) is 0. The Balaban J connectivity index is 2.01. The molecule has 0 fully saturated rings. The first-order valence-electron chi connectivity index (χ1n) is 9.80. The molecule has 0 saturated heterocycles. The third-order valence-electron chi connectivity index (χ3n) is 4.93. The fraction of sp³-hybridized carbons (Fsp3) is 0.364. The number of amides is 1. The summed E-state index contributed by atoms with van der Waals surface area (Å²) in [4.78, 5) is 28.4. The van der Waals surface area contributed by atoms with E-state index in [0.29, 0.717) is 24.6 Å². The number of nitrogens with zero attached hydrogens (tertiary/aromatic N) is 3. The fourth-order valence-corrected chi connectivity index (χ4v) is 4.67. The molecule has 1 amide bonds. The largest absolute Gasteiger partial charge is 0.380 e. The molecule has 0 radical (unpaired) electrons. The Morgan fingerprint density at radius 1 is 1.20 bits per heavy atom. The van der Waals surface area contributed by atoms with Crippen molar-refractivity contribution >= 4 is 33.1 Å². The first-order chi connectivity index (χ1) is 14.3. The van der Waals surface area contributed by atoms with Gasteiger partial charge in [-0.05, 0) is 50.5 Å². The molecule has 3 aromatic rings. The molecule has 2 aromatic carbocycles. The zero-order valence-corrected chi connectivity index (χ0v) is 18.4. The van der Waals surface area contributed by atoms with E-state index >= 15 is 0 Å². The third-order valence-corrected chi connectivity index (χ3v) is 5.97. The number of hydrogen-bond donors (Lipinski definition) is 0. The Labute approximate surface area is 178 Å². The number of carbonyl (C=O) groups excluding carboxylic acids is 1. The van der Waals surface area contributed by atoms with Crippen LogP contribution in [0.15, 0.2) is 35.3 Å². The number of nitro benzene ring substituents is 1. The zero-order valence-electron chi connectivity index (χ0n) is 17.6. The molecule has 0 atom stereocenters. The van der Waals surface area contributed by atoms with E-state index in [4.69, 9.17) is 4.74 Å². The van der Waals surface area contributed by atoms with Gasteiger partial charge in [0.2, 0.25) is 0 Å². The van der Waals surface area contributed by atoms with Crippen molar-refractivity contribution < 1.29 is 14.5 Å². The van der Waals surface area contributed by atoms with Crippen molar-refractivity contribution in [2.24, 2.45) is 4.99 Å². The highest BCUT2D eigenvalue weighted by atomic mass is 32.1. The van der Waals surface area contributed by atoms with Crippen LogP contribution in [0.2, 0.25) is 0 Å². The fourth-order valence-electron chi connectivity index (χ4n) is 3.56. The SMILES string of the molecule is CCOCCn1c(=NC(=O)Cc2c(C)cc(C)cc2C)sc2cc([N+](=O)[O-])ccc21. The topological polar surface area (TPSA) is 86.7 Å². The summed E-state index contributed by atoms with van der Waals surface area (Å²) < 4.78 is 8.08. The lowest BCUT2D eigenvalue weighted by molar-refractivity contribution is -0.384. The van der Waals surface area contributed by atoms with E-state index in [-0.39, 0.29) is 18.0 Å². The van der Waals surface area contributed by atoms with E-state index in [9.17, 15) is 14.9 Å². The van der Waals surface area contributed by atoms with Gasteiger partial charge in [-0.15, -0.1) is 0 Å². The van der Waals surface area contributed by atoms with Gasteiger partial charge in [-0.25, -0.2) is 0 Å². The minimum Gasteiger partial charge on any atom is -0.380 e. The summed E-state index contributed by atoms with van der Waals surface area (Å²) in [5, 5.41) is 11.1. The summed E-state index contributed by atoms with van der Waals surface area (Å²) in [6.45, 7) is 9.53. The Hall–Kier alpha value is -2.84. The smallest absolute Gasteiger partial charge is 0.270 e. The van der Waals surface area contributed by atoms with Crippen molar-refractivity contribution in [1.29, 1.82) is 0 Å². The number of non-ortho nitro benzene ring substituents is 1. The van der Waals surface area contributed by atoms with Crippen LogP contribution in [0.1, 0.15) is 29.2 Å². The molecular weight excluding hydrogens is 402 g/mol. The molecule has 8 heteroatoms. The van der Waals surface area contributed by atoms with E-state index in [1.165, 1.54) is 23.5 Å². The van der Waals surface area contributed by atoms with Gasteiger partial charge in [0.05, 0.1) is 28.2 Å². The summed E-state index contributed by atoms with van der Waals surface area (Å²) >= 11 is 1.28. The lowest BCUT2D eigenvalue weighted by atomic mass is 9.97. The molecule has 0 saturated carbocycles. The van der Waals surface area contributed by atoms with Gasteiger partial charge in [0.25, 0.3) is 11.6 Å². The first kappa shape index (κ1) is 21.9. The normalized spacial score (nSPS) is 11.9. The molecule has 3 rings (SSSR count). The van der Waals surface area contributed by atoms with E-state index < -0.39 is 4.92 Å². The lowest BCUT2D eigenvalue weighted by Gasteiger charge is -2.09. The van der Waals surface area contributed by atoms with Crippen molar-refractivity contribution in [3.05, 3.63) is 67.5 Å². The highest BCUT2D eigenvalue weighted by Gasteiger charge is 2.14. The minimum absolute atomic E-state index is 0.0180. The second-order valence-electron chi connectivity index (χ2n) is 7.20. The van der Waals surface area contributed by atoms with Crippen LogP contribution in [0.3, 0.4) is 0 Å². The Kier molecular flexibility index (Phi) is 6.79. The van der Waals surface area contributed by atoms with Crippen LogP contribution < -0.4 is 4.80 Å². The van der Waals surface area contributed by atoms with E-state index in [2.05, 4.69) is 17.1 Å². The Morgan fingerprint density at radius 2 is 1.90 bits per heavy atom. The number of fused-ring (bicyclic) bond motifs is 1. The average Bonchev–Trinajstić information content (AvgIpc) is 3.01. The number of carbonyl (C=O) groups is 1. The van der Waals surface area contributed by atoms with Crippen molar-refractivity contribution in [3.8, 4) is 0 Å². The number of hydrogen-bond acceptors (Lipinski definition) is 5. The maximum Gasteiger partial charge on any atom is 0.270 e. The van der Waals surface area contributed by atoms with Crippen molar-refractivity contribution in [2.45, 2.75) is 40.7 Å². The van der Waals surface area contributed by atoms with Gasteiger partial charge in [0.15, 0.2) is 4.80 Å². The molecule has 0 bridgehead atoms. The van der Waals surface area contributed by atoms with E-state index in [0.717, 1.165) is 32.5 Å². The van der Waals surface area contributed by atoms with Gasteiger partial charge in [-0.2, -0.15) is 4.99 Å². The summed E-state index contributed by atoms with van der Waals surface area (Å²) in [6, 6.07) is 8.83. The van der Waals surface area contributed by atoms with Crippen molar-refractivity contribution in [3.63, 3.8) is 0 Å². The molecule has 0 N–H and O–H groups in total. The van der Waals surface area contributed by atoms with Crippen LogP contribution in [0, 0.1) is 30.9 Å². The summed E-state index contributed by atoms with van der Waals surface area (Å²) in [5.41, 5.74) is 5.13. The van der Waals surface area contributed by atoms with Crippen molar-refractivity contribution in [1.82, 2.24) is 4.57 Å². The van der Waals surface area contributed by atoms with Crippen molar-refractivity contribution in [2.75, 3.05) is 13.2 Å². The first-order valence-corrected chi connectivity index (χ1v) is 10.6. The average molecular weight is 428 g/mol. The number of thiazole rings is 1. The quantitative estimate of drug-likeness (QED) is 0.321. The van der Waals surface area contributed by atoms with Crippen LogP contribution in [0.4, 0.5) is 5.69 Å². The van der Waals surface area contributed by atoms with Crippen LogP contribution >= 0.6 is 11.3 Å². The molecule has 0 aliphatic heterocycles. The van der Waals surface area contributed by atoms with Gasteiger partial charge in [-0.3, -0.25) is 14.9 Å². The van der Waals surface area contributed by atoms with Crippen LogP contribution in [0.5, 0.6) is 0 Å². The van der Waals surface area contributed by atoms with Gasteiger partial charge >= 0.3 is 0 Å². The number of rotatable bonds is 7. The number of ether oxygens (including phenoxy) is 1. The number of nitro groups is 1. The highest BCUT2D eigenvalue weighted by molar-refractivity contribution is 7.16. The second kappa shape index (κ2) is 9.32. The molecule has 0 unspecified atom stereocenters. The lowest BCUT2D eigenvalue weighted by Crippen LogP contribution is -2.20. The van der Waals surface area contributed by atoms with E-state index in [1.807, 2.05) is 32.3 Å². The number of benzene rings is 2. The molecule has 7 nitrogen and oxygen atoms in total. The van der Waals surface area contributed by atoms with Crippen LogP contribution in [0.25, 0.3) is 10.2 Å². The molecular formula is C22H25N3O4S. The van der Waals surface area contributed by atoms with E-state index in [1.54, 1.807) is 6.07 Å². The maximum atomic E-state index is 12.8. The van der Waals surface area contributed by atoms with Crippen LogP contribution in [-0.2, 0) is 22.5 Å². The highest BCUT2D eigenvalue weighted by Crippen LogP contribution is 2.23. The second-order valence-corrected chi connectivity index (χ2v) is 8.21. The van der Waals surface area contributed by atoms with Gasteiger partial charge in [0.1, 0.15) is 0 Å². The standard InChI is InChI=1S/C22H25N3O4S/c1-5-29-9-8-24-19-7-6-17(25(27)28)12-20(19)30-22(24)23-21(26)13-18-15(3)10-14(2)11-16(18)4/h6-7,10-12H,5,8-9,13H2,1-4H3. The summed E-state index contributed by atoms with van der Waals surface area (Å²) in [5.74, 6) is -0.240. The Morgan fingerprint density at radius 3 is 2.53 bits per heavy atom. The van der Waals surface area contributed by atoms with Crippen LogP contribution in [-0.4, -0.2) is 28.6 Å². The van der Waals surface area contributed by atoms with Gasteiger partial charge < -0.3 is 9.30 Å². The molecule has 0 aliphatic carbocycles. The zero-order chi connectivity index (χ0) is 21.8. The Bertz CT molecular complexity index is 1150. The van der Waals surface area contributed by atoms with Gasteiger partial charge in [-0.1, -0.05) is 29.0 Å². The monoisotopic (exact) mass is 427 g/mol. The number of aryl methyl sites for hydroxylation is 3. The summed E-state index contributed by atoms with van der Waals surface area (Å²) in [6.07, 6.45) is 0.220. The molecule has 0 spiro atoms. The molecule has 1 heterocycles. The minimum atomic E-state index is -0.422.